The fourth-order valence-corrected chi connectivity index (χ4v) is 41.3. The molecule has 2 nitrogen and oxygen atoms in total. The molecule has 1 amide bonds. The van der Waals surface area contributed by atoms with Gasteiger partial charge in [0.05, 0.1) is 0 Å². The van der Waals surface area contributed by atoms with Gasteiger partial charge in [-0.3, -0.25) is 0 Å². The van der Waals surface area contributed by atoms with Gasteiger partial charge in [-0.25, -0.2) is 0 Å². The molecule has 1 saturated heterocycles. The van der Waals surface area contributed by atoms with E-state index in [0.717, 1.165) is 0 Å². The summed E-state index contributed by atoms with van der Waals surface area (Å²) in [5.74, 6) is 2.59. The van der Waals surface area contributed by atoms with Gasteiger partial charge in [0.1, 0.15) is 0 Å². The number of carbonyl (C=O) groups excluding carboxylic acids is 1. The van der Waals surface area contributed by atoms with E-state index in [-0.39, 0.29) is 5.91 Å². The third-order valence-electron chi connectivity index (χ3n) is 11.1. The SMILES string of the molecule is C#CC(=O)N1[C@@H](CC[CH2][Sn]([CH2]CCC)([CH2]CCC)[CH2]CCC)CCC[C@@H]1CC[CH2][Sn]([CH2]CCC)([CH2]CCC)[CH2]CCC. The van der Waals surface area contributed by atoms with E-state index in [0.29, 0.717) is 12.1 Å². The summed E-state index contributed by atoms with van der Waals surface area (Å²) in [7, 11) is 0. The van der Waals surface area contributed by atoms with Crippen molar-refractivity contribution in [2.45, 2.75) is 211 Å². The van der Waals surface area contributed by atoms with Gasteiger partial charge in [0.15, 0.2) is 0 Å². The van der Waals surface area contributed by atoms with Gasteiger partial charge < -0.3 is 0 Å². The van der Waals surface area contributed by atoms with E-state index < -0.39 is 36.8 Å². The van der Waals surface area contributed by atoms with E-state index in [9.17, 15) is 4.79 Å². The first kappa shape index (κ1) is 40.7. The standard InChI is InChI=1S/C14H21NO.6C4H9.2Sn/c1-4-8-12-10-7-11-13(9-5-2)15(12)14(16)6-3;6*1-3-4-2;;/h3,12-13H,1-2,4-5,7-11H2;6*1,3-4H2,2H3;;/t12-,13-;;;;;;;;/m0......../s1. The van der Waals surface area contributed by atoms with Crippen molar-refractivity contribution >= 4 is 42.7 Å². The summed E-state index contributed by atoms with van der Waals surface area (Å²) in [6.45, 7) is 14.3. The number of hydrogen-bond donors (Lipinski definition) is 0. The van der Waals surface area contributed by atoms with Crippen LogP contribution in [0.4, 0.5) is 0 Å². The molecule has 0 aromatic carbocycles. The second-order valence-corrected chi connectivity index (χ2v) is 43.0. The summed E-state index contributed by atoms with van der Waals surface area (Å²) in [6.07, 6.45) is 31.5. The maximum absolute atomic E-state index is 13.3. The molecule has 0 aliphatic carbocycles. The van der Waals surface area contributed by atoms with Crippen molar-refractivity contribution in [1.29, 1.82) is 0 Å². The zero-order valence-electron chi connectivity index (χ0n) is 29.7. The van der Waals surface area contributed by atoms with E-state index in [1.54, 1.807) is 35.5 Å². The fraction of sp³-hybridized carbons (Fsp3) is 0.921. The summed E-state index contributed by atoms with van der Waals surface area (Å²) in [5, 5.41) is 0. The van der Waals surface area contributed by atoms with Crippen LogP contribution < -0.4 is 0 Å². The Bertz CT molecular complexity index is 627. The number of likely N-dealkylation sites (tertiary alicyclic amines) is 1. The van der Waals surface area contributed by atoms with Crippen LogP contribution in [0.3, 0.4) is 0 Å². The van der Waals surface area contributed by atoms with Gasteiger partial charge in [-0.05, 0) is 0 Å². The van der Waals surface area contributed by atoms with Crippen molar-refractivity contribution in [1.82, 2.24) is 4.90 Å². The minimum atomic E-state index is -2.12. The molecular weight excluding hydrogens is 724 g/mol. The van der Waals surface area contributed by atoms with Crippen LogP contribution in [0.15, 0.2) is 0 Å². The topological polar surface area (TPSA) is 20.3 Å². The van der Waals surface area contributed by atoms with Crippen molar-refractivity contribution in [2.24, 2.45) is 0 Å². The molecule has 0 radical (unpaired) electrons. The minimum absolute atomic E-state index is 0.000142. The van der Waals surface area contributed by atoms with Gasteiger partial charge in [-0.1, -0.05) is 0 Å². The Hall–Kier alpha value is 0.627. The number of carbonyl (C=O) groups is 1. The van der Waals surface area contributed by atoms with Crippen molar-refractivity contribution < 1.29 is 4.79 Å². The van der Waals surface area contributed by atoms with Gasteiger partial charge >= 0.3 is 276 Å². The van der Waals surface area contributed by atoms with Gasteiger partial charge in [0, 0.05) is 0 Å². The van der Waals surface area contributed by atoms with E-state index in [4.69, 9.17) is 6.42 Å². The Morgan fingerprint density at radius 3 is 1.12 bits per heavy atom. The first-order valence-electron chi connectivity index (χ1n) is 19.2. The third kappa shape index (κ3) is 15.3. The first-order chi connectivity index (χ1) is 20.4. The molecule has 0 aromatic heterocycles. The van der Waals surface area contributed by atoms with Crippen molar-refractivity contribution in [2.75, 3.05) is 0 Å². The van der Waals surface area contributed by atoms with Crippen LogP contribution in [-0.2, 0) is 4.79 Å². The Morgan fingerprint density at radius 2 is 0.857 bits per heavy atom. The number of hydrogen-bond acceptors (Lipinski definition) is 1. The maximum atomic E-state index is 13.3. The first-order valence-corrected chi connectivity index (χ1v) is 35.3. The van der Waals surface area contributed by atoms with Crippen LogP contribution in [-0.4, -0.2) is 59.6 Å². The van der Waals surface area contributed by atoms with Crippen LogP contribution in [0.5, 0.6) is 0 Å². The molecule has 246 valence electrons. The molecule has 1 heterocycles. The summed E-state index contributed by atoms with van der Waals surface area (Å²) in [6, 6.07) is 0.793. The normalized spacial score (nSPS) is 17.9. The van der Waals surface area contributed by atoms with Gasteiger partial charge in [-0.15, -0.1) is 0 Å². The average Bonchev–Trinajstić information content (AvgIpc) is 3.01. The van der Waals surface area contributed by atoms with Crippen molar-refractivity contribution in [3.63, 3.8) is 0 Å². The summed E-state index contributed by atoms with van der Waals surface area (Å²) in [4.78, 5) is 15.5. The van der Waals surface area contributed by atoms with Gasteiger partial charge in [0.2, 0.25) is 0 Å². The average molecular weight is 799 g/mol. The second kappa shape index (κ2) is 24.8. The zero-order chi connectivity index (χ0) is 31.1. The Balaban J connectivity index is 2.95. The predicted molar refractivity (Wildman–Crippen MR) is 195 cm³/mol. The van der Waals surface area contributed by atoms with Crippen molar-refractivity contribution in [3.8, 4) is 12.3 Å². The van der Waals surface area contributed by atoms with E-state index in [1.807, 2.05) is 0 Å². The Kier molecular flexibility index (Phi) is 24.0. The zero-order valence-corrected chi connectivity index (χ0v) is 35.4. The quantitative estimate of drug-likeness (QED) is 0.0630. The monoisotopic (exact) mass is 801 g/mol. The van der Waals surface area contributed by atoms with Crippen LogP contribution in [0, 0.1) is 12.3 Å². The molecule has 4 heteroatoms. The van der Waals surface area contributed by atoms with E-state index in [2.05, 4.69) is 52.4 Å². The molecule has 0 bridgehead atoms. The molecule has 0 N–H and O–H groups in total. The number of piperidine rings is 1. The Morgan fingerprint density at radius 1 is 0.571 bits per heavy atom. The molecule has 0 aromatic rings. The molecule has 2 atom stereocenters. The summed E-state index contributed by atoms with van der Waals surface area (Å²) < 4.78 is 12.7. The third-order valence-corrected chi connectivity index (χ3v) is 43.4. The van der Waals surface area contributed by atoms with Crippen LogP contribution in [0.25, 0.3) is 0 Å². The fourth-order valence-electron chi connectivity index (χ4n) is 8.37. The van der Waals surface area contributed by atoms with Crippen molar-refractivity contribution in [3.05, 3.63) is 0 Å². The molecule has 1 rings (SSSR count). The molecular formula is C38H75NOSn2. The molecule has 0 unspecified atom stereocenters. The summed E-state index contributed by atoms with van der Waals surface area (Å²) in [5.41, 5.74) is 0. The van der Waals surface area contributed by atoms with Crippen LogP contribution in [0.2, 0.25) is 35.5 Å². The summed E-state index contributed by atoms with van der Waals surface area (Å²) >= 11 is -4.25. The second-order valence-electron chi connectivity index (χ2n) is 14.5. The molecule has 0 saturated carbocycles. The number of nitrogens with zero attached hydrogens (tertiary/aromatic N) is 1. The predicted octanol–water partition coefficient (Wildman–Crippen LogP) is 12.6. The van der Waals surface area contributed by atoms with Gasteiger partial charge in [0.25, 0.3) is 0 Å². The van der Waals surface area contributed by atoms with E-state index >= 15 is 0 Å². The number of unbranched alkanes of at least 4 members (excludes halogenated alkanes) is 6. The Labute approximate surface area is 273 Å². The van der Waals surface area contributed by atoms with E-state index in [1.165, 1.54) is 122 Å². The molecule has 1 fully saturated rings. The van der Waals surface area contributed by atoms with Gasteiger partial charge in [-0.2, -0.15) is 0 Å². The molecule has 0 spiro atoms. The molecule has 42 heavy (non-hydrogen) atoms. The van der Waals surface area contributed by atoms with Crippen LogP contribution in [0.1, 0.15) is 164 Å². The molecule has 1 aliphatic rings. The molecule has 1 aliphatic heterocycles. The number of rotatable bonds is 26. The number of terminal acetylenes is 1. The van der Waals surface area contributed by atoms with Crippen LogP contribution >= 0.6 is 0 Å². The number of amides is 1.